The molecule has 1 atom stereocenters. The fraction of sp³-hybridized carbons (Fsp3) is 0.571. The Hall–Kier alpha value is -1.54. The topological polar surface area (TPSA) is 71.0 Å². The molecule has 0 spiro atoms. The van der Waals surface area contributed by atoms with Gasteiger partial charge in [0.25, 0.3) is 0 Å². The molecule has 0 aliphatic carbocycles. The highest BCUT2D eigenvalue weighted by Crippen LogP contribution is 2.31. The Morgan fingerprint density at radius 2 is 2.36 bits per heavy atom. The number of thiazole rings is 1. The number of carbonyl (C=O) groups excluding carboxylic acids is 1. The maximum absolute atomic E-state index is 12.3. The molecule has 0 radical (unpaired) electrons. The van der Waals surface area contributed by atoms with Gasteiger partial charge in [-0.05, 0) is 18.8 Å². The van der Waals surface area contributed by atoms with Crippen LogP contribution >= 0.6 is 22.9 Å². The van der Waals surface area contributed by atoms with Crippen molar-refractivity contribution in [2.24, 2.45) is 0 Å². The summed E-state index contributed by atoms with van der Waals surface area (Å²) in [5.41, 5.74) is 1.15. The van der Waals surface area contributed by atoms with E-state index < -0.39 is 0 Å². The average molecular weight is 337 g/mol. The molecule has 118 valence electrons. The maximum Gasteiger partial charge on any atom is 0.322 e. The van der Waals surface area contributed by atoms with E-state index in [-0.39, 0.29) is 6.03 Å². The number of anilines is 1. The quantitative estimate of drug-likeness (QED) is 0.930. The normalized spacial score (nSPS) is 18.7. The van der Waals surface area contributed by atoms with Gasteiger partial charge in [0.15, 0.2) is 0 Å². The molecule has 3 rings (SSSR count). The summed E-state index contributed by atoms with van der Waals surface area (Å²) in [5.74, 6) is 0.795. The van der Waals surface area contributed by atoms with Gasteiger partial charge >= 0.3 is 6.03 Å². The zero-order valence-electron chi connectivity index (χ0n) is 12.7. The molecule has 6 nitrogen and oxygen atoms in total. The fourth-order valence-electron chi connectivity index (χ4n) is 2.52. The number of nitrogens with zero attached hydrogens (tertiary/aromatic N) is 4. The molecule has 3 heterocycles. The van der Waals surface area contributed by atoms with Crippen molar-refractivity contribution in [2.45, 2.75) is 38.5 Å². The van der Waals surface area contributed by atoms with Crippen LogP contribution in [0.5, 0.6) is 0 Å². The zero-order valence-corrected chi connectivity index (χ0v) is 14.3. The summed E-state index contributed by atoms with van der Waals surface area (Å²) in [5, 5.41) is 10.6. The molecule has 0 saturated carbocycles. The van der Waals surface area contributed by atoms with Crippen LogP contribution in [0, 0.1) is 0 Å². The summed E-state index contributed by atoms with van der Waals surface area (Å²) >= 11 is 2.91. The van der Waals surface area contributed by atoms with E-state index in [0.717, 1.165) is 36.6 Å². The number of urea groups is 1. The van der Waals surface area contributed by atoms with Crippen LogP contribution in [0.25, 0.3) is 0 Å². The highest BCUT2D eigenvalue weighted by Gasteiger charge is 2.27. The van der Waals surface area contributed by atoms with E-state index in [0.29, 0.717) is 16.8 Å². The first-order chi connectivity index (χ1) is 10.6. The lowest BCUT2D eigenvalue weighted by molar-refractivity contribution is 0.192. The van der Waals surface area contributed by atoms with Gasteiger partial charge in [0.05, 0.1) is 16.9 Å². The summed E-state index contributed by atoms with van der Waals surface area (Å²) in [4.78, 5) is 18.9. The van der Waals surface area contributed by atoms with Crippen molar-refractivity contribution in [3.8, 4) is 0 Å². The lowest BCUT2D eigenvalue weighted by atomic mass is 9.99. The molecule has 2 aromatic rings. The molecule has 1 saturated heterocycles. The van der Waals surface area contributed by atoms with Gasteiger partial charge in [0.1, 0.15) is 5.00 Å². The molecule has 1 unspecified atom stereocenters. The maximum atomic E-state index is 12.3. The van der Waals surface area contributed by atoms with E-state index in [9.17, 15) is 4.79 Å². The van der Waals surface area contributed by atoms with Crippen molar-refractivity contribution in [3.05, 3.63) is 22.3 Å². The Bertz CT molecular complexity index is 625. The monoisotopic (exact) mass is 337 g/mol. The van der Waals surface area contributed by atoms with Gasteiger partial charge in [-0.2, -0.15) is 0 Å². The van der Waals surface area contributed by atoms with Crippen molar-refractivity contribution in [1.82, 2.24) is 19.5 Å². The first kappa shape index (κ1) is 15.4. The standard InChI is InChI=1S/C14H19N5OS2/c1-9(2)11-8-21-13(16-11)10-4-3-5-19(7-10)14(20)17-12-6-15-18-22-12/h6,8-10H,3-5,7H2,1-2H3,(H,17,20). The number of likely N-dealkylation sites (tertiary alicyclic amines) is 1. The summed E-state index contributed by atoms with van der Waals surface area (Å²) in [6.07, 6.45) is 3.67. The minimum absolute atomic E-state index is 0.0728. The Balaban J connectivity index is 1.64. The van der Waals surface area contributed by atoms with Crippen LogP contribution in [0.1, 0.15) is 49.2 Å². The first-order valence-electron chi connectivity index (χ1n) is 7.42. The van der Waals surface area contributed by atoms with Crippen molar-refractivity contribution in [1.29, 1.82) is 0 Å². The molecule has 2 amide bonds. The van der Waals surface area contributed by atoms with Crippen LogP contribution in [-0.4, -0.2) is 38.6 Å². The molecule has 1 aliphatic heterocycles. The van der Waals surface area contributed by atoms with E-state index >= 15 is 0 Å². The average Bonchev–Trinajstić information content (AvgIpc) is 3.18. The zero-order chi connectivity index (χ0) is 15.5. The molecular weight excluding hydrogens is 318 g/mol. The number of rotatable bonds is 3. The van der Waals surface area contributed by atoms with Crippen LogP contribution in [0.15, 0.2) is 11.6 Å². The van der Waals surface area contributed by atoms with E-state index in [1.165, 1.54) is 11.5 Å². The molecule has 8 heteroatoms. The molecule has 22 heavy (non-hydrogen) atoms. The van der Waals surface area contributed by atoms with Gasteiger partial charge in [-0.25, -0.2) is 9.78 Å². The summed E-state index contributed by atoms with van der Waals surface area (Å²) in [6, 6.07) is -0.0728. The number of piperidine rings is 1. The third-order valence-corrected chi connectivity index (χ3v) is 5.39. The Morgan fingerprint density at radius 1 is 1.50 bits per heavy atom. The Kier molecular flexibility index (Phi) is 4.68. The number of carbonyl (C=O) groups is 1. The Labute approximate surface area is 137 Å². The van der Waals surface area contributed by atoms with E-state index in [1.54, 1.807) is 17.5 Å². The lowest BCUT2D eigenvalue weighted by Crippen LogP contribution is -2.41. The van der Waals surface area contributed by atoms with Gasteiger partial charge in [0.2, 0.25) is 0 Å². The highest BCUT2D eigenvalue weighted by molar-refractivity contribution is 7.10. The predicted octanol–water partition coefficient (Wildman–Crippen LogP) is 3.53. The molecule has 0 aromatic carbocycles. The first-order valence-corrected chi connectivity index (χ1v) is 9.07. The van der Waals surface area contributed by atoms with E-state index in [4.69, 9.17) is 4.98 Å². The second kappa shape index (κ2) is 6.70. The minimum atomic E-state index is -0.0728. The highest BCUT2D eigenvalue weighted by atomic mass is 32.1. The van der Waals surface area contributed by atoms with Gasteiger partial charge < -0.3 is 4.90 Å². The lowest BCUT2D eigenvalue weighted by Gasteiger charge is -2.31. The second-order valence-corrected chi connectivity index (χ2v) is 7.44. The second-order valence-electron chi connectivity index (χ2n) is 5.76. The molecule has 0 bridgehead atoms. The number of hydrogen-bond donors (Lipinski definition) is 1. The third-order valence-electron chi connectivity index (χ3n) is 3.78. The van der Waals surface area contributed by atoms with Crippen LogP contribution in [-0.2, 0) is 0 Å². The molecule has 1 N–H and O–H groups in total. The largest absolute Gasteiger partial charge is 0.324 e. The fourth-order valence-corrected chi connectivity index (χ4v) is 4.04. The van der Waals surface area contributed by atoms with Gasteiger partial charge in [-0.15, -0.1) is 16.4 Å². The van der Waals surface area contributed by atoms with E-state index in [2.05, 4.69) is 34.1 Å². The Morgan fingerprint density at radius 3 is 3.05 bits per heavy atom. The predicted molar refractivity (Wildman–Crippen MR) is 88.7 cm³/mol. The van der Waals surface area contributed by atoms with Crippen molar-refractivity contribution in [2.75, 3.05) is 18.4 Å². The molecular formula is C14H19N5OS2. The third kappa shape index (κ3) is 3.44. The van der Waals surface area contributed by atoms with Gasteiger partial charge in [-0.1, -0.05) is 18.3 Å². The summed E-state index contributed by atoms with van der Waals surface area (Å²) < 4.78 is 3.75. The number of amides is 2. The van der Waals surface area contributed by atoms with Crippen LogP contribution < -0.4 is 5.32 Å². The van der Waals surface area contributed by atoms with Crippen LogP contribution in [0.3, 0.4) is 0 Å². The molecule has 1 aliphatic rings. The number of aromatic nitrogens is 3. The number of hydrogen-bond acceptors (Lipinski definition) is 6. The van der Waals surface area contributed by atoms with Crippen molar-refractivity contribution >= 4 is 33.9 Å². The van der Waals surface area contributed by atoms with Gasteiger partial charge in [0, 0.05) is 35.9 Å². The van der Waals surface area contributed by atoms with Gasteiger partial charge in [-0.3, -0.25) is 5.32 Å². The SMILES string of the molecule is CC(C)c1csc(C2CCCN(C(=O)Nc3cnns3)C2)n1. The van der Waals surface area contributed by atoms with Crippen molar-refractivity contribution < 1.29 is 4.79 Å². The summed E-state index contributed by atoms with van der Waals surface area (Å²) in [6.45, 7) is 5.82. The number of nitrogens with one attached hydrogen (secondary N) is 1. The summed E-state index contributed by atoms with van der Waals surface area (Å²) in [7, 11) is 0. The smallest absolute Gasteiger partial charge is 0.322 e. The molecule has 1 fully saturated rings. The van der Waals surface area contributed by atoms with Crippen LogP contribution in [0.2, 0.25) is 0 Å². The van der Waals surface area contributed by atoms with Crippen LogP contribution in [0.4, 0.5) is 9.80 Å². The van der Waals surface area contributed by atoms with E-state index in [1.807, 2.05) is 4.90 Å². The minimum Gasteiger partial charge on any atom is -0.324 e. The van der Waals surface area contributed by atoms with Crippen molar-refractivity contribution in [3.63, 3.8) is 0 Å². The molecule has 2 aromatic heterocycles.